The van der Waals surface area contributed by atoms with E-state index in [1.165, 1.54) is 111 Å². The maximum Gasteiger partial charge on any atom is 0.0723 e. The molecule has 4 aliphatic rings. The molecule has 4 aliphatic carbocycles. The second-order valence-corrected chi connectivity index (χ2v) is 18.1. The average molecular weight is 842 g/mol. The zero-order valence-corrected chi connectivity index (χ0v) is 36.7. The number of hydrogen-bond acceptors (Lipinski definition) is 1. The van der Waals surface area contributed by atoms with E-state index in [0.29, 0.717) is 0 Å². The van der Waals surface area contributed by atoms with Crippen molar-refractivity contribution in [3.05, 3.63) is 276 Å². The topological polar surface area (TPSA) is 3.24 Å². The van der Waals surface area contributed by atoms with Crippen LogP contribution in [0.1, 0.15) is 41.5 Å². The van der Waals surface area contributed by atoms with Gasteiger partial charge >= 0.3 is 0 Å². The molecule has 0 N–H and O–H groups in total. The third-order valence-electron chi connectivity index (χ3n) is 14.7. The molecule has 1 nitrogen and oxygen atoms in total. The second-order valence-electron chi connectivity index (χ2n) is 18.1. The van der Waals surface area contributed by atoms with Crippen molar-refractivity contribution in [3.8, 4) is 55.6 Å². The second kappa shape index (κ2) is 15.6. The fourth-order valence-electron chi connectivity index (χ4n) is 11.7. The van der Waals surface area contributed by atoms with Crippen LogP contribution in [0.3, 0.4) is 0 Å². The summed E-state index contributed by atoms with van der Waals surface area (Å²) in [5, 5.41) is 2.50. The van der Waals surface area contributed by atoms with Gasteiger partial charge in [-0.3, -0.25) is 0 Å². The predicted octanol–water partition coefficient (Wildman–Crippen LogP) is 16.7. The van der Waals surface area contributed by atoms with E-state index in [4.69, 9.17) is 0 Å². The highest BCUT2D eigenvalue weighted by atomic mass is 15.2. The Morgan fingerprint density at radius 1 is 0.409 bits per heavy atom. The zero-order valence-electron chi connectivity index (χ0n) is 36.7. The molecule has 0 fully saturated rings. The molecular formula is C65H47N. The monoisotopic (exact) mass is 841 g/mol. The minimum atomic E-state index is -0.363. The van der Waals surface area contributed by atoms with E-state index in [9.17, 15) is 0 Å². The van der Waals surface area contributed by atoms with E-state index in [1.807, 2.05) is 0 Å². The molecular weight excluding hydrogens is 795 g/mol. The van der Waals surface area contributed by atoms with E-state index in [-0.39, 0.29) is 11.5 Å². The van der Waals surface area contributed by atoms with Crippen LogP contribution in [0.4, 0.5) is 5.69 Å². The van der Waals surface area contributed by atoms with Crippen molar-refractivity contribution >= 4 is 22.0 Å². The van der Waals surface area contributed by atoms with Gasteiger partial charge in [-0.05, 0) is 137 Å². The first kappa shape index (κ1) is 38.5. The summed E-state index contributed by atoms with van der Waals surface area (Å²) in [7, 11) is 0. The van der Waals surface area contributed by atoms with Crippen LogP contribution in [-0.4, -0.2) is 6.04 Å². The molecule has 1 spiro atoms. The van der Waals surface area contributed by atoms with Crippen LogP contribution in [0.5, 0.6) is 0 Å². The number of anilines is 1. The molecule has 66 heavy (non-hydrogen) atoms. The van der Waals surface area contributed by atoms with Gasteiger partial charge in [-0.25, -0.2) is 0 Å². The number of hydrogen-bond donors (Lipinski definition) is 0. The van der Waals surface area contributed by atoms with Crippen molar-refractivity contribution in [2.45, 2.75) is 30.7 Å². The first-order valence-corrected chi connectivity index (χ1v) is 23.5. The van der Waals surface area contributed by atoms with Gasteiger partial charge in [0.05, 0.1) is 11.5 Å². The Labute approximate surface area is 387 Å². The molecule has 13 rings (SSSR count). The Balaban J connectivity index is 0.889. The maximum atomic E-state index is 2.63. The average Bonchev–Trinajstić information content (AvgIpc) is 3.86. The van der Waals surface area contributed by atoms with Crippen molar-refractivity contribution in [1.82, 2.24) is 0 Å². The fourth-order valence-corrected chi connectivity index (χ4v) is 11.7. The molecule has 1 unspecified atom stereocenters. The Morgan fingerprint density at radius 2 is 0.955 bits per heavy atom. The maximum absolute atomic E-state index is 2.63. The summed E-state index contributed by atoms with van der Waals surface area (Å²) in [5.41, 5.74) is 22.9. The van der Waals surface area contributed by atoms with Gasteiger partial charge in [-0.15, -0.1) is 0 Å². The number of fused-ring (bicyclic) bond motifs is 11. The number of benzene rings is 9. The standard InChI is InChI=1S/C65H47N/c1-3-15-44(16-4-1)45-27-29-46(30-28-45)47-31-33-50(34-32-47)64-54-20-8-7-17-48(54)37-41-55(64)49-35-38-52(39-36-49)66(51-18-5-2-6-19-51)53-40-42-59-58-23-11-14-26-62(58)65(63(59)43-53)60-24-12-9-21-56(60)57-22-10-13-25-61(57)65/h1,3-5,7-39,41-43,53H,2,6,40H2. The van der Waals surface area contributed by atoms with Crippen LogP contribution >= 0.6 is 0 Å². The van der Waals surface area contributed by atoms with E-state index < -0.39 is 0 Å². The van der Waals surface area contributed by atoms with Gasteiger partial charge < -0.3 is 4.90 Å². The Kier molecular flexibility index (Phi) is 9.10. The molecule has 312 valence electrons. The highest BCUT2D eigenvalue weighted by Crippen LogP contribution is 2.64. The quantitative estimate of drug-likeness (QED) is 0.155. The Morgan fingerprint density at radius 3 is 1.61 bits per heavy atom. The first-order chi connectivity index (χ1) is 32.7. The lowest BCUT2D eigenvalue weighted by molar-refractivity contribution is 0.721. The summed E-state index contributed by atoms with van der Waals surface area (Å²) < 4.78 is 0. The SMILES string of the molecule is C1=CC(N(c2ccc(-c3ccc4ccccc4c3-c3ccc(-c4ccc(-c5ccccc5)cc4)cc3)cc2)C2C=C3C(=CC2)c2ccccc2C32c3ccccc3-c3ccccc32)=CCC1. The van der Waals surface area contributed by atoms with Crippen molar-refractivity contribution in [1.29, 1.82) is 0 Å². The molecule has 9 aromatic carbocycles. The Hall–Kier alpha value is -8.00. The molecule has 0 saturated heterocycles. The van der Waals surface area contributed by atoms with Gasteiger partial charge in [0.2, 0.25) is 0 Å². The lowest BCUT2D eigenvalue weighted by Gasteiger charge is -2.38. The van der Waals surface area contributed by atoms with E-state index in [2.05, 4.69) is 248 Å². The molecule has 1 atom stereocenters. The highest BCUT2D eigenvalue weighted by Gasteiger charge is 2.54. The van der Waals surface area contributed by atoms with Gasteiger partial charge in [0.25, 0.3) is 0 Å². The summed E-state index contributed by atoms with van der Waals surface area (Å²) in [4.78, 5) is 2.61. The third kappa shape index (κ3) is 6.00. The van der Waals surface area contributed by atoms with Gasteiger partial charge in [0, 0.05) is 11.4 Å². The highest BCUT2D eigenvalue weighted by molar-refractivity contribution is 6.05. The van der Waals surface area contributed by atoms with E-state index in [1.54, 1.807) is 0 Å². The third-order valence-corrected chi connectivity index (χ3v) is 14.7. The van der Waals surface area contributed by atoms with E-state index >= 15 is 0 Å². The minimum Gasteiger partial charge on any atom is -0.335 e. The van der Waals surface area contributed by atoms with Crippen LogP contribution in [0.25, 0.3) is 72.0 Å². The lowest BCUT2D eigenvalue weighted by atomic mass is 9.69. The van der Waals surface area contributed by atoms with E-state index in [0.717, 1.165) is 19.3 Å². The normalized spacial score (nSPS) is 16.2. The van der Waals surface area contributed by atoms with Crippen LogP contribution in [0.2, 0.25) is 0 Å². The molecule has 0 amide bonds. The number of allylic oxidation sites excluding steroid dienone is 5. The van der Waals surface area contributed by atoms with Crippen LogP contribution in [-0.2, 0) is 5.41 Å². The lowest BCUT2D eigenvalue weighted by Crippen LogP contribution is -2.36. The molecule has 0 bridgehead atoms. The van der Waals surface area contributed by atoms with Crippen LogP contribution in [0, 0.1) is 0 Å². The van der Waals surface area contributed by atoms with Gasteiger partial charge in [0.1, 0.15) is 0 Å². The summed E-state index contributed by atoms with van der Waals surface area (Å²) in [6.45, 7) is 0. The molecule has 0 heterocycles. The number of rotatable bonds is 7. The zero-order chi connectivity index (χ0) is 43.6. The van der Waals surface area contributed by atoms with Gasteiger partial charge in [-0.2, -0.15) is 0 Å². The number of nitrogens with zero attached hydrogens (tertiary/aromatic N) is 1. The molecule has 0 saturated carbocycles. The van der Waals surface area contributed by atoms with Crippen LogP contribution < -0.4 is 4.90 Å². The fraction of sp³-hybridized carbons (Fsp3) is 0.0769. The van der Waals surface area contributed by atoms with Crippen LogP contribution in [0.15, 0.2) is 254 Å². The predicted molar refractivity (Wildman–Crippen MR) is 277 cm³/mol. The summed E-state index contributed by atoms with van der Waals surface area (Å²) in [6, 6.07) is 79.0. The summed E-state index contributed by atoms with van der Waals surface area (Å²) >= 11 is 0. The first-order valence-electron chi connectivity index (χ1n) is 23.5. The molecule has 0 aliphatic heterocycles. The summed E-state index contributed by atoms with van der Waals surface area (Å²) in [6.07, 6.45) is 15.3. The van der Waals surface area contributed by atoms with Gasteiger partial charge in [0.15, 0.2) is 0 Å². The smallest absolute Gasteiger partial charge is 0.0723 e. The summed E-state index contributed by atoms with van der Waals surface area (Å²) in [5.74, 6) is 0. The molecule has 1 heteroatoms. The molecule has 0 aromatic heterocycles. The molecule has 9 aromatic rings. The van der Waals surface area contributed by atoms with Crippen molar-refractivity contribution < 1.29 is 0 Å². The van der Waals surface area contributed by atoms with Crippen molar-refractivity contribution in [2.24, 2.45) is 0 Å². The minimum absolute atomic E-state index is 0.124. The largest absolute Gasteiger partial charge is 0.335 e. The van der Waals surface area contributed by atoms with Crippen molar-refractivity contribution in [2.75, 3.05) is 4.90 Å². The molecule has 0 radical (unpaired) electrons. The Bertz CT molecular complexity index is 3430. The van der Waals surface area contributed by atoms with Crippen molar-refractivity contribution in [3.63, 3.8) is 0 Å². The van der Waals surface area contributed by atoms with Gasteiger partial charge in [-0.1, -0.05) is 224 Å².